The fraction of sp³-hybridized carbons (Fsp3) is 0.278. The summed E-state index contributed by atoms with van der Waals surface area (Å²) in [6.07, 6.45) is -0.560. The van der Waals surface area contributed by atoms with Crippen LogP contribution in [0, 0.1) is 0 Å². The number of nitrogens with one attached hydrogen (secondary N) is 1. The third-order valence-electron chi connectivity index (χ3n) is 4.08. The molecule has 1 aliphatic rings. The number of amides is 1. The van der Waals surface area contributed by atoms with Crippen molar-refractivity contribution in [3.8, 4) is 5.75 Å². The van der Waals surface area contributed by atoms with E-state index in [1.54, 1.807) is 0 Å². The second kappa shape index (κ2) is 6.20. The minimum Gasteiger partial charge on any atom is -0.480 e. The van der Waals surface area contributed by atoms with Crippen molar-refractivity contribution in [1.82, 2.24) is 5.32 Å². The predicted octanol–water partition coefficient (Wildman–Crippen LogP) is 2.40. The van der Waals surface area contributed by atoms with E-state index in [2.05, 4.69) is 5.32 Å². The number of carbonyl (C=O) groups excluding carboxylic acids is 1. The van der Waals surface area contributed by atoms with Crippen LogP contribution in [-0.2, 0) is 4.79 Å². The van der Waals surface area contributed by atoms with E-state index >= 15 is 0 Å². The lowest BCUT2D eigenvalue weighted by molar-refractivity contribution is -0.129. The van der Waals surface area contributed by atoms with Crippen LogP contribution in [0.1, 0.15) is 30.0 Å². The van der Waals surface area contributed by atoms with Crippen molar-refractivity contribution in [2.24, 2.45) is 0 Å². The van der Waals surface area contributed by atoms with Gasteiger partial charge in [0.25, 0.3) is 5.91 Å². The molecule has 0 saturated carbocycles. The Morgan fingerprint density at radius 2 is 1.86 bits per heavy atom. The lowest BCUT2D eigenvalue weighted by Gasteiger charge is -2.21. The first-order valence-electron chi connectivity index (χ1n) is 7.42. The number of benzene rings is 2. The maximum atomic E-state index is 12.5. The lowest BCUT2D eigenvalue weighted by atomic mass is 9.96. The first kappa shape index (κ1) is 14.6. The van der Waals surface area contributed by atoms with Crippen LogP contribution in [0.25, 0.3) is 0 Å². The van der Waals surface area contributed by atoms with Gasteiger partial charge in [-0.1, -0.05) is 55.5 Å². The summed E-state index contributed by atoms with van der Waals surface area (Å²) in [5.41, 5.74) is 1.92. The van der Waals surface area contributed by atoms with E-state index in [1.165, 1.54) is 0 Å². The number of rotatable bonds is 4. The van der Waals surface area contributed by atoms with Crippen molar-refractivity contribution >= 4 is 5.91 Å². The van der Waals surface area contributed by atoms with Gasteiger partial charge in [0.1, 0.15) is 5.75 Å². The van der Waals surface area contributed by atoms with Gasteiger partial charge in [-0.05, 0) is 11.6 Å². The van der Waals surface area contributed by atoms with Gasteiger partial charge in [0.2, 0.25) is 0 Å². The normalized spacial score (nSPS) is 20.8. The molecule has 2 aromatic rings. The number of ether oxygens (including phenoxy) is 1. The Bertz CT molecular complexity index is 656. The van der Waals surface area contributed by atoms with Crippen LogP contribution in [0.4, 0.5) is 0 Å². The molecule has 22 heavy (non-hydrogen) atoms. The second-order valence-corrected chi connectivity index (χ2v) is 5.52. The van der Waals surface area contributed by atoms with Crippen LogP contribution in [-0.4, -0.2) is 23.7 Å². The average Bonchev–Trinajstić information content (AvgIpc) is 2.91. The van der Waals surface area contributed by atoms with Crippen LogP contribution in [0.5, 0.6) is 5.75 Å². The topological polar surface area (TPSA) is 58.6 Å². The maximum Gasteiger partial charge on any atom is 0.262 e. The average molecular weight is 297 g/mol. The molecule has 1 heterocycles. The summed E-state index contributed by atoms with van der Waals surface area (Å²) in [5, 5.41) is 12.4. The molecule has 2 N–H and O–H groups in total. The molecule has 0 radical (unpaired) electrons. The fourth-order valence-electron chi connectivity index (χ4n) is 2.82. The van der Waals surface area contributed by atoms with Crippen LogP contribution in [0.3, 0.4) is 0 Å². The Hall–Kier alpha value is -2.33. The van der Waals surface area contributed by atoms with Crippen molar-refractivity contribution < 1.29 is 14.6 Å². The Balaban J connectivity index is 1.73. The van der Waals surface area contributed by atoms with E-state index < -0.39 is 12.1 Å². The molecule has 4 nitrogen and oxygen atoms in total. The molecule has 0 bridgehead atoms. The highest BCUT2D eigenvalue weighted by Gasteiger charge is 2.36. The van der Waals surface area contributed by atoms with Crippen LogP contribution in [0.15, 0.2) is 54.6 Å². The summed E-state index contributed by atoms with van der Waals surface area (Å²) in [6, 6.07) is 16.7. The first-order chi connectivity index (χ1) is 10.7. The zero-order chi connectivity index (χ0) is 15.5. The summed E-state index contributed by atoms with van der Waals surface area (Å²) in [4.78, 5) is 12.5. The molecule has 3 atom stereocenters. The molecule has 1 aliphatic heterocycles. The number of hydrogen-bond acceptors (Lipinski definition) is 3. The molecular formula is C18H19NO3. The smallest absolute Gasteiger partial charge is 0.262 e. The minimum absolute atomic E-state index is 0.00804. The SMILES string of the molecule is CC1c2ccccc2OC1C(=O)NC(CO)c1ccccc1. The molecule has 114 valence electrons. The molecule has 1 amide bonds. The number of hydrogen-bond donors (Lipinski definition) is 2. The quantitative estimate of drug-likeness (QED) is 0.911. The number of aliphatic hydroxyl groups excluding tert-OH is 1. The Kier molecular flexibility index (Phi) is 4.11. The van der Waals surface area contributed by atoms with Gasteiger partial charge in [0.05, 0.1) is 12.6 Å². The van der Waals surface area contributed by atoms with Crippen molar-refractivity contribution in [2.45, 2.75) is 25.0 Å². The fourth-order valence-corrected chi connectivity index (χ4v) is 2.82. The lowest BCUT2D eigenvalue weighted by Crippen LogP contribution is -2.41. The summed E-state index contributed by atoms with van der Waals surface area (Å²) in [5.74, 6) is 0.549. The van der Waals surface area contributed by atoms with Gasteiger partial charge in [-0.2, -0.15) is 0 Å². The first-order valence-corrected chi connectivity index (χ1v) is 7.42. The second-order valence-electron chi connectivity index (χ2n) is 5.52. The summed E-state index contributed by atoms with van der Waals surface area (Å²) >= 11 is 0. The van der Waals surface area contributed by atoms with E-state index in [0.29, 0.717) is 0 Å². The zero-order valence-corrected chi connectivity index (χ0v) is 12.4. The van der Waals surface area contributed by atoms with Crippen LogP contribution in [0.2, 0.25) is 0 Å². The van der Waals surface area contributed by atoms with Gasteiger partial charge in [0.15, 0.2) is 6.10 Å². The standard InChI is InChI=1S/C18H19NO3/c1-12-14-9-5-6-10-16(14)22-17(12)18(21)19-15(11-20)13-7-3-2-4-8-13/h2-10,12,15,17,20H,11H2,1H3,(H,19,21). The summed E-state index contributed by atoms with van der Waals surface area (Å²) < 4.78 is 5.77. The molecule has 4 heteroatoms. The molecule has 2 aromatic carbocycles. The molecule has 0 fully saturated rings. The van der Waals surface area contributed by atoms with E-state index in [4.69, 9.17) is 4.74 Å². The molecule has 0 saturated heterocycles. The minimum atomic E-state index is -0.560. The number of carbonyl (C=O) groups is 1. The zero-order valence-electron chi connectivity index (χ0n) is 12.4. The summed E-state index contributed by atoms with van der Waals surface area (Å²) in [6.45, 7) is 1.83. The molecule has 0 aliphatic carbocycles. The van der Waals surface area contributed by atoms with Gasteiger partial charge in [-0.3, -0.25) is 4.79 Å². The Morgan fingerprint density at radius 1 is 1.18 bits per heavy atom. The van der Waals surface area contributed by atoms with Gasteiger partial charge in [-0.15, -0.1) is 0 Å². The summed E-state index contributed by atoms with van der Waals surface area (Å²) in [7, 11) is 0. The van der Waals surface area contributed by atoms with Crippen molar-refractivity contribution in [2.75, 3.05) is 6.61 Å². The van der Waals surface area contributed by atoms with E-state index in [9.17, 15) is 9.90 Å². The number of para-hydroxylation sites is 1. The highest BCUT2D eigenvalue weighted by Crippen LogP contribution is 2.37. The van der Waals surface area contributed by atoms with Gasteiger partial charge in [-0.25, -0.2) is 0 Å². The number of fused-ring (bicyclic) bond motifs is 1. The molecular weight excluding hydrogens is 278 g/mol. The molecule has 0 aromatic heterocycles. The predicted molar refractivity (Wildman–Crippen MR) is 83.7 cm³/mol. The maximum absolute atomic E-state index is 12.5. The van der Waals surface area contributed by atoms with E-state index in [1.807, 2.05) is 61.5 Å². The van der Waals surface area contributed by atoms with Crippen LogP contribution >= 0.6 is 0 Å². The third kappa shape index (κ3) is 2.70. The van der Waals surface area contributed by atoms with Gasteiger partial charge < -0.3 is 15.2 Å². The van der Waals surface area contributed by atoms with E-state index in [-0.39, 0.29) is 18.4 Å². The van der Waals surface area contributed by atoms with Gasteiger partial charge in [0, 0.05) is 11.5 Å². The largest absolute Gasteiger partial charge is 0.480 e. The van der Waals surface area contributed by atoms with Crippen molar-refractivity contribution in [3.63, 3.8) is 0 Å². The molecule has 3 rings (SSSR count). The molecule has 0 spiro atoms. The van der Waals surface area contributed by atoms with Crippen molar-refractivity contribution in [3.05, 3.63) is 65.7 Å². The van der Waals surface area contributed by atoms with Crippen molar-refractivity contribution in [1.29, 1.82) is 0 Å². The molecule has 3 unspecified atom stereocenters. The number of aliphatic hydroxyl groups is 1. The highest BCUT2D eigenvalue weighted by atomic mass is 16.5. The van der Waals surface area contributed by atoms with Crippen LogP contribution < -0.4 is 10.1 Å². The highest BCUT2D eigenvalue weighted by molar-refractivity contribution is 5.84. The monoisotopic (exact) mass is 297 g/mol. The van der Waals surface area contributed by atoms with Gasteiger partial charge >= 0.3 is 0 Å². The third-order valence-corrected chi connectivity index (χ3v) is 4.08. The van der Waals surface area contributed by atoms with E-state index in [0.717, 1.165) is 16.9 Å². The Morgan fingerprint density at radius 3 is 2.55 bits per heavy atom. The Labute approximate surface area is 129 Å².